The number of hydrogen-bond acceptors (Lipinski definition) is 5. The molecule has 11 heteroatoms. The molecule has 5 nitrogen and oxygen atoms in total. The van der Waals surface area contributed by atoms with Crippen molar-refractivity contribution in [2.45, 2.75) is 18.1 Å². The molecule has 0 aliphatic carbocycles. The minimum Gasteiger partial charge on any atom is -0.610 e. The molecule has 24 heavy (non-hydrogen) atoms. The van der Waals surface area contributed by atoms with Gasteiger partial charge in [0.1, 0.15) is 16.3 Å². The summed E-state index contributed by atoms with van der Waals surface area (Å²) in [6, 6.07) is 0.908. The molecule has 0 saturated carbocycles. The van der Waals surface area contributed by atoms with E-state index in [1.165, 1.54) is 11.3 Å². The van der Waals surface area contributed by atoms with Crippen molar-refractivity contribution in [1.29, 1.82) is 0 Å². The number of nitrogens with zero attached hydrogens (tertiary/aromatic N) is 4. The van der Waals surface area contributed by atoms with Crippen molar-refractivity contribution >= 4 is 49.5 Å². The summed E-state index contributed by atoms with van der Waals surface area (Å²) in [7, 11) is 1.67. The van der Waals surface area contributed by atoms with E-state index in [0.29, 0.717) is 30.9 Å². The summed E-state index contributed by atoms with van der Waals surface area (Å²) in [6.07, 6.45) is -3.39. The fourth-order valence-corrected chi connectivity index (χ4v) is 4.88. The molecule has 0 aromatic carbocycles. The third kappa shape index (κ3) is 3.05. The topological polar surface area (TPSA) is 66.7 Å². The second-order valence-electron chi connectivity index (χ2n) is 4.79. The minimum atomic E-state index is -4.53. The van der Waals surface area contributed by atoms with Crippen molar-refractivity contribution in [2.24, 2.45) is 7.05 Å². The van der Waals surface area contributed by atoms with Gasteiger partial charge in [-0.1, -0.05) is 11.3 Å². The third-order valence-corrected chi connectivity index (χ3v) is 6.19. The number of alkyl halides is 3. The van der Waals surface area contributed by atoms with E-state index in [0.717, 1.165) is 12.3 Å². The van der Waals surface area contributed by atoms with Crippen molar-refractivity contribution in [3.8, 4) is 10.7 Å². The van der Waals surface area contributed by atoms with Gasteiger partial charge in [0.05, 0.1) is 17.2 Å². The Balaban J connectivity index is 2.19. The maximum absolute atomic E-state index is 12.8. The van der Waals surface area contributed by atoms with Crippen LogP contribution in [0.4, 0.5) is 13.2 Å². The minimum absolute atomic E-state index is 0.174. The lowest BCUT2D eigenvalue weighted by atomic mass is 10.3. The zero-order valence-corrected chi connectivity index (χ0v) is 15.6. The van der Waals surface area contributed by atoms with Crippen LogP contribution in [-0.4, -0.2) is 29.8 Å². The van der Waals surface area contributed by atoms with Gasteiger partial charge in [0, 0.05) is 18.2 Å². The van der Waals surface area contributed by atoms with E-state index in [1.807, 2.05) is 0 Å². The highest BCUT2D eigenvalue weighted by molar-refractivity contribution is 9.11. The largest absolute Gasteiger partial charge is 0.610 e. The van der Waals surface area contributed by atoms with E-state index in [-0.39, 0.29) is 5.52 Å². The Bertz CT molecular complexity index is 909. The number of aryl methyl sites for hydroxylation is 1. The number of aromatic nitrogens is 4. The summed E-state index contributed by atoms with van der Waals surface area (Å²) in [4.78, 5) is 12.5. The number of pyridine rings is 1. The monoisotopic (exact) mass is 438 g/mol. The van der Waals surface area contributed by atoms with E-state index >= 15 is 0 Å². The molecule has 0 spiro atoms. The van der Waals surface area contributed by atoms with Gasteiger partial charge in [-0.2, -0.15) is 18.2 Å². The van der Waals surface area contributed by atoms with Gasteiger partial charge in [-0.15, -0.1) is 0 Å². The Hall–Kier alpha value is -1.17. The van der Waals surface area contributed by atoms with E-state index in [9.17, 15) is 17.7 Å². The van der Waals surface area contributed by atoms with Crippen molar-refractivity contribution in [3.05, 3.63) is 21.9 Å². The molecule has 1 atom stereocenters. The van der Waals surface area contributed by atoms with Gasteiger partial charge in [0.25, 0.3) is 5.03 Å². The summed E-state index contributed by atoms with van der Waals surface area (Å²) in [6.45, 7) is 1.77. The van der Waals surface area contributed by atoms with Crippen LogP contribution in [0.15, 0.2) is 21.2 Å². The molecule has 0 aliphatic heterocycles. The first kappa shape index (κ1) is 17.6. The maximum atomic E-state index is 12.8. The van der Waals surface area contributed by atoms with E-state index < -0.39 is 23.0 Å². The highest BCUT2D eigenvalue weighted by Crippen LogP contribution is 2.37. The lowest BCUT2D eigenvalue weighted by Crippen LogP contribution is -2.07. The summed E-state index contributed by atoms with van der Waals surface area (Å²) in [5, 5.41) is 0.372. The Morgan fingerprint density at radius 1 is 1.38 bits per heavy atom. The van der Waals surface area contributed by atoms with Gasteiger partial charge in [-0.3, -0.25) is 0 Å². The molecule has 3 heterocycles. The first-order valence-electron chi connectivity index (χ1n) is 6.67. The summed E-state index contributed by atoms with van der Waals surface area (Å²) < 4.78 is 52.8. The Labute approximate surface area is 150 Å². The molecular formula is C13H10BrF3N4OS2. The second kappa shape index (κ2) is 6.28. The lowest BCUT2D eigenvalue weighted by molar-refractivity contribution is -0.141. The smallest absolute Gasteiger partial charge is 0.433 e. The molecule has 0 amide bonds. The predicted octanol–water partition coefficient (Wildman–Crippen LogP) is 4.00. The molecule has 0 aliphatic rings. The van der Waals surface area contributed by atoms with Gasteiger partial charge in [0.2, 0.25) is 0 Å². The molecule has 0 N–H and O–H groups in total. The molecular weight excluding hydrogens is 429 g/mol. The standard InChI is InChI=1S/C13H10BrF3N4OS2/c1-3-24(22)11-9(23-12(14)20-11)10-19-6-4-8(13(15,16)17)18-5-7(6)21(10)2/h4-5H,3H2,1-2H3. The SMILES string of the molecule is CC[S+]([O-])c1nc(Br)sc1-c1nc2cc(C(F)(F)F)ncc2n1C. The summed E-state index contributed by atoms with van der Waals surface area (Å²) in [5.74, 6) is 0.790. The van der Waals surface area contributed by atoms with Crippen LogP contribution in [-0.2, 0) is 24.4 Å². The van der Waals surface area contributed by atoms with Gasteiger partial charge < -0.3 is 9.12 Å². The highest BCUT2D eigenvalue weighted by atomic mass is 79.9. The molecule has 0 fully saturated rings. The van der Waals surface area contributed by atoms with Gasteiger partial charge in [-0.05, 0) is 28.9 Å². The summed E-state index contributed by atoms with van der Waals surface area (Å²) >= 11 is 3.19. The zero-order valence-electron chi connectivity index (χ0n) is 12.4. The third-order valence-electron chi connectivity index (χ3n) is 3.31. The van der Waals surface area contributed by atoms with E-state index in [4.69, 9.17) is 0 Å². The molecule has 0 saturated heterocycles. The lowest BCUT2D eigenvalue weighted by Gasteiger charge is -2.06. The molecule has 128 valence electrons. The second-order valence-corrected chi connectivity index (χ2v) is 8.72. The first-order chi connectivity index (χ1) is 11.2. The fraction of sp³-hybridized carbons (Fsp3) is 0.308. The van der Waals surface area contributed by atoms with Crippen LogP contribution in [0, 0.1) is 0 Å². The molecule has 0 bridgehead atoms. The Morgan fingerprint density at radius 3 is 2.71 bits per heavy atom. The number of halogens is 4. The fourth-order valence-electron chi connectivity index (χ4n) is 2.16. The van der Waals surface area contributed by atoms with Crippen molar-refractivity contribution < 1.29 is 17.7 Å². The number of hydrogen-bond donors (Lipinski definition) is 0. The number of rotatable bonds is 3. The van der Waals surface area contributed by atoms with Crippen LogP contribution in [0.5, 0.6) is 0 Å². The number of thiazole rings is 1. The summed E-state index contributed by atoms with van der Waals surface area (Å²) in [5.41, 5.74) is -0.370. The molecule has 3 aromatic heterocycles. The molecule has 3 rings (SSSR count). The van der Waals surface area contributed by atoms with Crippen LogP contribution in [0.25, 0.3) is 21.7 Å². The first-order valence-corrected chi connectivity index (χ1v) is 9.60. The van der Waals surface area contributed by atoms with E-state index in [2.05, 4.69) is 30.9 Å². The van der Waals surface area contributed by atoms with Crippen molar-refractivity contribution in [2.75, 3.05) is 5.75 Å². The highest BCUT2D eigenvalue weighted by Gasteiger charge is 2.33. The normalized spacial score (nSPS) is 13.6. The Morgan fingerprint density at radius 2 is 2.08 bits per heavy atom. The molecule has 0 radical (unpaired) electrons. The van der Waals surface area contributed by atoms with Crippen LogP contribution in [0.1, 0.15) is 12.6 Å². The Kier molecular flexibility index (Phi) is 4.62. The van der Waals surface area contributed by atoms with Gasteiger partial charge in [-0.25, -0.2) is 9.97 Å². The van der Waals surface area contributed by atoms with Crippen LogP contribution < -0.4 is 0 Å². The van der Waals surface area contributed by atoms with Crippen molar-refractivity contribution in [1.82, 2.24) is 19.5 Å². The van der Waals surface area contributed by atoms with Gasteiger partial charge >= 0.3 is 6.18 Å². The molecule has 3 aromatic rings. The van der Waals surface area contributed by atoms with Crippen molar-refractivity contribution in [3.63, 3.8) is 0 Å². The average molecular weight is 439 g/mol. The van der Waals surface area contributed by atoms with Crippen LogP contribution >= 0.6 is 27.3 Å². The van der Waals surface area contributed by atoms with E-state index in [1.54, 1.807) is 18.5 Å². The predicted molar refractivity (Wildman–Crippen MR) is 89.3 cm³/mol. The zero-order chi connectivity index (χ0) is 17.6. The van der Waals surface area contributed by atoms with Crippen LogP contribution in [0.3, 0.4) is 0 Å². The average Bonchev–Trinajstić information content (AvgIpc) is 3.06. The quantitative estimate of drug-likeness (QED) is 0.579. The van der Waals surface area contributed by atoms with Gasteiger partial charge in [0.15, 0.2) is 9.74 Å². The molecule has 1 unspecified atom stereocenters. The van der Waals surface area contributed by atoms with Crippen LogP contribution in [0.2, 0.25) is 0 Å². The number of imidazole rings is 1. The number of fused-ring (bicyclic) bond motifs is 1. The maximum Gasteiger partial charge on any atom is 0.433 e.